The van der Waals surface area contributed by atoms with Gasteiger partial charge in [0.15, 0.2) is 0 Å². The monoisotopic (exact) mass is 265 g/mol. The minimum absolute atomic E-state index is 0.0650. The molecule has 0 bridgehead atoms. The molecule has 19 heavy (non-hydrogen) atoms. The van der Waals surface area contributed by atoms with Gasteiger partial charge in [-0.1, -0.05) is 13.8 Å². The summed E-state index contributed by atoms with van der Waals surface area (Å²) >= 11 is 0. The lowest BCUT2D eigenvalue weighted by molar-refractivity contribution is -0.140. The Kier molecular flexibility index (Phi) is 4.63. The second-order valence-corrected chi connectivity index (χ2v) is 4.42. The van der Waals surface area contributed by atoms with Gasteiger partial charge < -0.3 is 15.5 Å². The standard InChI is InChI=1S/C13H15NO5/c1-7(2)10(13(18)19)14-11(15)8-3-5-9(6-4-8)12(16)17/h3-7,10H,1-2H3,(H,14,15)(H,16,17)(H,18,19)/t10-/m0/s1. The van der Waals surface area contributed by atoms with Crippen LogP contribution in [0.1, 0.15) is 34.6 Å². The molecule has 0 radical (unpaired) electrons. The summed E-state index contributed by atoms with van der Waals surface area (Å²) in [4.78, 5) is 33.4. The predicted octanol–water partition coefficient (Wildman–Crippen LogP) is 1.22. The minimum atomic E-state index is -1.11. The number of amides is 1. The molecular formula is C13H15NO5. The van der Waals surface area contributed by atoms with Crippen LogP contribution in [0.4, 0.5) is 0 Å². The molecule has 1 aromatic rings. The van der Waals surface area contributed by atoms with Gasteiger partial charge in [0.05, 0.1) is 5.56 Å². The van der Waals surface area contributed by atoms with Gasteiger partial charge in [0.1, 0.15) is 6.04 Å². The molecule has 0 aromatic heterocycles. The molecule has 1 atom stereocenters. The van der Waals surface area contributed by atoms with Crippen molar-refractivity contribution in [2.45, 2.75) is 19.9 Å². The average molecular weight is 265 g/mol. The predicted molar refractivity (Wildman–Crippen MR) is 67.1 cm³/mol. The van der Waals surface area contributed by atoms with Gasteiger partial charge in [-0.15, -0.1) is 0 Å². The van der Waals surface area contributed by atoms with Crippen LogP contribution in [0.25, 0.3) is 0 Å². The highest BCUT2D eigenvalue weighted by Gasteiger charge is 2.23. The van der Waals surface area contributed by atoms with Crippen LogP contribution in [0.5, 0.6) is 0 Å². The third-order valence-corrected chi connectivity index (χ3v) is 2.61. The van der Waals surface area contributed by atoms with Crippen molar-refractivity contribution in [3.05, 3.63) is 35.4 Å². The first kappa shape index (κ1) is 14.7. The summed E-state index contributed by atoms with van der Waals surface area (Å²) in [6.45, 7) is 3.37. The number of aliphatic carboxylic acids is 1. The number of carbonyl (C=O) groups is 3. The van der Waals surface area contributed by atoms with Crippen molar-refractivity contribution in [1.82, 2.24) is 5.32 Å². The van der Waals surface area contributed by atoms with E-state index in [9.17, 15) is 14.4 Å². The summed E-state index contributed by atoms with van der Waals surface area (Å²) in [5.74, 6) is -2.99. The van der Waals surface area contributed by atoms with E-state index in [4.69, 9.17) is 10.2 Å². The Morgan fingerprint density at radius 1 is 1.00 bits per heavy atom. The zero-order chi connectivity index (χ0) is 14.6. The molecule has 6 nitrogen and oxygen atoms in total. The fourth-order valence-corrected chi connectivity index (χ4v) is 1.50. The van der Waals surface area contributed by atoms with Crippen molar-refractivity contribution >= 4 is 17.8 Å². The van der Waals surface area contributed by atoms with Crippen LogP contribution in [0.3, 0.4) is 0 Å². The highest BCUT2D eigenvalue weighted by atomic mass is 16.4. The Morgan fingerprint density at radius 2 is 1.47 bits per heavy atom. The molecule has 0 saturated carbocycles. The summed E-state index contributed by atoms with van der Waals surface area (Å²) in [6, 6.07) is 4.30. The molecule has 6 heteroatoms. The number of aromatic carboxylic acids is 1. The number of carboxylic acids is 2. The Morgan fingerprint density at radius 3 is 1.84 bits per heavy atom. The second kappa shape index (κ2) is 5.99. The first-order valence-corrected chi connectivity index (χ1v) is 5.70. The van der Waals surface area contributed by atoms with E-state index >= 15 is 0 Å². The third kappa shape index (κ3) is 3.80. The molecule has 0 heterocycles. The van der Waals surface area contributed by atoms with Gasteiger partial charge in [-0.3, -0.25) is 4.79 Å². The van der Waals surface area contributed by atoms with Crippen molar-refractivity contribution in [3.8, 4) is 0 Å². The Hall–Kier alpha value is -2.37. The van der Waals surface area contributed by atoms with Crippen molar-refractivity contribution in [3.63, 3.8) is 0 Å². The lowest BCUT2D eigenvalue weighted by Crippen LogP contribution is -2.44. The van der Waals surface area contributed by atoms with E-state index in [0.717, 1.165) is 0 Å². The first-order chi connectivity index (χ1) is 8.82. The van der Waals surface area contributed by atoms with Crippen LogP contribution in [-0.4, -0.2) is 34.1 Å². The van der Waals surface area contributed by atoms with Crippen molar-refractivity contribution in [1.29, 1.82) is 0 Å². The van der Waals surface area contributed by atoms with Gasteiger partial charge >= 0.3 is 11.9 Å². The fourth-order valence-electron chi connectivity index (χ4n) is 1.50. The van der Waals surface area contributed by atoms with Crippen LogP contribution in [0.15, 0.2) is 24.3 Å². The van der Waals surface area contributed by atoms with Gasteiger partial charge in [-0.2, -0.15) is 0 Å². The van der Waals surface area contributed by atoms with Crippen LogP contribution in [0.2, 0.25) is 0 Å². The molecule has 0 fully saturated rings. The van der Waals surface area contributed by atoms with Crippen LogP contribution in [-0.2, 0) is 4.79 Å². The molecule has 0 aliphatic carbocycles. The van der Waals surface area contributed by atoms with E-state index in [1.807, 2.05) is 0 Å². The lowest BCUT2D eigenvalue weighted by atomic mass is 10.0. The Bertz CT molecular complexity index is 492. The molecule has 0 spiro atoms. The zero-order valence-corrected chi connectivity index (χ0v) is 10.6. The van der Waals surface area contributed by atoms with E-state index in [-0.39, 0.29) is 17.0 Å². The SMILES string of the molecule is CC(C)[C@H](NC(=O)c1ccc(C(=O)O)cc1)C(=O)O. The highest BCUT2D eigenvalue weighted by Crippen LogP contribution is 2.07. The third-order valence-electron chi connectivity index (χ3n) is 2.61. The minimum Gasteiger partial charge on any atom is -0.480 e. The molecule has 1 amide bonds. The molecule has 102 valence electrons. The molecule has 3 N–H and O–H groups in total. The molecule has 0 unspecified atom stereocenters. The maximum absolute atomic E-state index is 11.8. The summed E-state index contributed by atoms with van der Waals surface area (Å²) in [5, 5.41) is 20.1. The van der Waals surface area contributed by atoms with E-state index in [2.05, 4.69) is 5.32 Å². The number of hydrogen-bond acceptors (Lipinski definition) is 3. The molecule has 0 aliphatic rings. The second-order valence-electron chi connectivity index (χ2n) is 4.42. The fraction of sp³-hybridized carbons (Fsp3) is 0.308. The van der Waals surface area contributed by atoms with Gasteiger partial charge in [0, 0.05) is 5.56 Å². The summed E-state index contributed by atoms with van der Waals surface area (Å²) in [5.41, 5.74) is 0.284. The number of nitrogens with one attached hydrogen (secondary N) is 1. The summed E-state index contributed by atoms with van der Waals surface area (Å²) in [6.07, 6.45) is 0. The molecule has 1 rings (SSSR count). The lowest BCUT2D eigenvalue weighted by Gasteiger charge is -2.17. The zero-order valence-electron chi connectivity index (χ0n) is 10.6. The molecular weight excluding hydrogens is 250 g/mol. The van der Waals surface area contributed by atoms with Gasteiger partial charge in [-0.25, -0.2) is 9.59 Å². The Balaban J connectivity index is 2.83. The van der Waals surface area contributed by atoms with Crippen molar-refractivity contribution in [2.75, 3.05) is 0 Å². The average Bonchev–Trinajstić information content (AvgIpc) is 2.34. The number of hydrogen-bond donors (Lipinski definition) is 3. The number of carboxylic acid groups (broad SMARTS) is 2. The number of benzene rings is 1. The largest absolute Gasteiger partial charge is 0.480 e. The van der Waals surface area contributed by atoms with E-state index in [1.165, 1.54) is 24.3 Å². The molecule has 0 aliphatic heterocycles. The Labute approximate surface area is 110 Å². The number of carbonyl (C=O) groups excluding carboxylic acids is 1. The normalized spacial score (nSPS) is 11.9. The van der Waals surface area contributed by atoms with E-state index in [1.54, 1.807) is 13.8 Å². The van der Waals surface area contributed by atoms with Crippen LogP contribution >= 0.6 is 0 Å². The van der Waals surface area contributed by atoms with Crippen LogP contribution in [0, 0.1) is 5.92 Å². The summed E-state index contributed by atoms with van der Waals surface area (Å²) in [7, 11) is 0. The molecule has 0 saturated heterocycles. The first-order valence-electron chi connectivity index (χ1n) is 5.70. The van der Waals surface area contributed by atoms with Gasteiger partial charge in [-0.05, 0) is 30.2 Å². The van der Waals surface area contributed by atoms with E-state index in [0.29, 0.717) is 0 Å². The molecule has 1 aromatic carbocycles. The van der Waals surface area contributed by atoms with Gasteiger partial charge in [0.2, 0.25) is 0 Å². The van der Waals surface area contributed by atoms with Gasteiger partial charge in [0.25, 0.3) is 5.91 Å². The topological polar surface area (TPSA) is 104 Å². The van der Waals surface area contributed by atoms with Crippen molar-refractivity contribution in [2.24, 2.45) is 5.92 Å². The number of rotatable bonds is 5. The van der Waals surface area contributed by atoms with E-state index < -0.39 is 23.9 Å². The smallest absolute Gasteiger partial charge is 0.335 e. The maximum Gasteiger partial charge on any atom is 0.335 e. The van der Waals surface area contributed by atoms with Crippen LogP contribution < -0.4 is 5.32 Å². The maximum atomic E-state index is 11.8. The quantitative estimate of drug-likeness (QED) is 0.742. The van der Waals surface area contributed by atoms with Crippen molar-refractivity contribution < 1.29 is 24.6 Å². The summed E-state index contributed by atoms with van der Waals surface area (Å²) < 4.78 is 0. The highest BCUT2D eigenvalue weighted by molar-refractivity contribution is 5.97.